The minimum absolute atomic E-state index is 0.0246. The van der Waals surface area contributed by atoms with E-state index in [1.54, 1.807) is 6.92 Å². The van der Waals surface area contributed by atoms with E-state index in [4.69, 9.17) is 5.73 Å². The van der Waals surface area contributed by atoms with Crippen molar-refractivity contribution in [2.24, 2.45) is 5.73 Å². The second-order valence-electron chi connectivity index (χ2n) is 2.21. The fourth-order valence-corrected chi connectivity index (χ4v) is 0.639. The minimum atomic E-state index is -0.701. The van der Waals surface area contributed by atoms with Crippen molar-refractivity contribution in [1.29, 1.82) is 0 Å². The van der Waals surface area contributed by atoms with Gasteiger partial charge in [0.2, 0.25) is 0 Å². The van der Waals surface area contributed by atoms with E-state index in [0.29, 0.717) is 6.42 Å². The molecule has 0 saturated carbocycles. The van der Waals surface area contributed by atoms with Crippen LogP contribution in [-0.4, -0.2) is 24.9 Å². The lowest BCUT2D eigenvalue weighted by Crippen LogP contribution is -2.32. The Labute approximate surface area is 65.7 Å². The zero-order valence-electron chi connectivity index (χ0n) is 6.79. The van der Waals surface area contributed by atoms with Crippen LogP contribution in [0.15, 0.2) is 0 Å². The number of esters is 1. The maximum absolute atomic E-state index is 10.8. The average Bonchev–Trinajstić information content (AvgIpc) is 2.02. The van der Waals surface area contributed by atoms with Crippen LogP contribution in [0.1, 0.15) is 19.8 Å². The van der Waals surface area contributed by atoms with Gasteiger partial charge in [-0.25, -0.2) is 0 Å². The predicted octanol–water partition coefficient (Wildman–Crippen LogP) is -0.144. The van der Waals surface area contributed by atoms with E-state index < -0.39 is 12.0 Å². The molecular formula is C7H13NO3. The Hall–Kier alpha value is -0.900. The largest absolute Gasteiger partial charge is 0.469 e. The molecule has 11 heavy (non-hydrogen) atoms. The van der Waals surface area contributed by atoms with Gasteiger partial charge in [0.15, 0.2) is 0 Å². The van der Waals surface area contributed by atoms with Crippen molar-refractivity contribution in [3.05, 3.63) is 0 Å². The molecule has 0 bridgehead atoms. The van der Waals surface area contributed by atoms with Crippen LogP contribution < -0.4 is 5.73 Å². The molecule has 64 valence electrons. The number of nitrogens with two attached hydrogens (primary N) is 1. The molecule has 0 amide bonds. The van der Waals surface area contributed by atoms with Crippen molar-refractivity contribution in [1.82, 2.24) is 0 Å². The lowest BCUT2D eigenvalue weighted by atomic mass is 10.1. The number of hydrogen-bond donors (Lipinski definition) is 1. The van der Waals surface area contributed by atoms with Crippen molar-refractivity contribution in [3.8, 4) is 0 Å². The molecule has 2 N–H and O–H groups in total. The van der Waals surface area contributed by atoms with Crippen molar-refractivity contribution < 1.29 is 14.3 Å². The Balaban J connectivity index is 3.77. The van der Waals surface area contributed by atoms with Crippen LogP contribution in [-0.2, 0) is 14.3 Å². The van der Waals surface area contributed by atoms with Crippen LogP contribution in [0.5, 0.6) is 0 Å². The number of hydrogen-bond acceptors (Lipinski definition) is 4. The van der Waals surface area contributed by atoms with Gasteiger partial charge in [0, 0.05) is 6.42 Å². The van der Waals surface area contributed by atoms with Gasteiger partial charge in [0.05, 0.1) is 19.6 Å². The van der Waals surface area contributed by atoms with Gasteiger partial charge in [-0.3, -0.25) is 9.59 Å². The Morgan fingerprint density at radius 1 is 1.55 bits per heavy atom. The standard InChI is InChI=1S/C7H13NO3/c1-3-6(9)5(8)4-7(10)11-2/h5H,3-4,8H2,1-2H3. The summed E-state index contributed by atoms with van der Waals surface area (Å²) in [6.07, 6.45) is 0.335. The molecule has 4 nitrogen and oxygen atoms in total. The fourth-order valence-electron chi connectivity index (χ4n) is 0.639. The molecule has 0 aromatic carbocycles. The summed E-state index contributed by atoms with van der Waals surface area (Å²) < 4.78 is 4.34. The second kappa shape index (κ2) is 4.85. The number of ketones is 1. The van der Waals surface area contributed by atoms with E-state index in [9.17, 15) is 9.59 Å². The van der Waals surface area contributed by atoms with E-state index in [0.717, 1.165) is 0 Å². The number of carbonyl (C=O) groups excluding carboxylic acids is 2. The molecule has 0 fully saturated rings. The highest BCUT2D eigenvalue weighted by Crippen LogP contribution is 1.95. The summed E-state index contributed by atoms with van der Waals surface area (Å²) in [5, 5.41) is 0. The third-order valence-corrected chi connectivity index (χ3v) is 1.38. The lowest BCUT2D eigenvalue weighted by Gasteiger charge is -2.06. The molecule has 0 aromatic heterocycles. The van der Waals surface area contributed by atoms with E-state index in [2.05, 4.69) is 4.74 Å². The van der Waals surface area contributed by atoms with E-state index in [1.807, 2.05) is 0 Å². The summed E-state index contributed by atoms with van der Waals surface area (Å²) in [4.78, 5) is 21.4. The van der Waals surface area contributed by atoms with Gasteiger partial charge >= 0.3 is 5.97 Å². The Bertz CT molecular complexity index is 156. The summed E-state index contributed by atoms with van der Waals surface area (Å²) in [7, 11) is 1.27. The third kappa shape index (κ3) is 3.72. The lowest BCUT2D eigenvalue weighted by molar-refractivity contribution is -0.142. The highest BCUT2D eigenvalue weighted by atomic mass is 16.5. The summed E-state index contributed by atoms with van der Waals surface area (Å²) in [6.45, 7) is 1.71. The zero-order valence-corrected chi connectivity index (χ0v) is 6.79. The summed E-state index contributed by atoms with van der Waals surface area (Å²) >= 11 is 0. The molecular weight excluding hydrogens is 146 g/mol. The van der Waals surface area contributed by atoms with E-state index in [-0.39, 0.29) is 12.2 Å². The van der Waals surface area contributed by atoms with Gasteiger partial charge < -0.3 is 10.5 Å². The molecule has 0 aliphatic heterocycles. The number of carbonyl (C=O) groups is 2. The van der Waals surface area contributed by atoms with Crippen molar-refractivity contribution in [2.75, 3.05) is 7.11 Å². The molecule has 0 spiro atoms. The number of ether oxygens (including phenoxy) is 1. The van der Waals surface area contributed by atoms with Gasteiger partial charge in [-0.05, 0) is 0 Å². The first-order valence-electron chi connectivity index (χ1n) is 3.47. The summed E-state index contributed by atoms with van der Waals surface area (Å²) in [5.41, 5.74) is 5.35. The minimum Gasteiger partial charge on any atom is -0.469 e. The fraction of sp³-hybridized carbons (Fsp3) is 0.714. The molecule has 0 rings (SSSR count). The smallest absolute Gasteiger partial charge is 0.307 e. The Kier molecular flexibility index (Phi) is 4.45. The van der Waals surface area contributed by atoms with Gasteiger partial charge in [0.25, 0.3) is 0 Å². The van der Waals surface area contributed by atoms with Crippen molar-refractivity contribution >= 4 is 11.8 Å². The molecule has 0 aromatic rings. The first-order chi connectivity index (χ1) is 5.11. The molecule has 1 unspecified atom stereocenters. The SMILES string of the molecule is CCC(=O)C(N)CC(=O)OC. The number of methoxy groups -OCH3 is 1. The van der Waals surface area contributed by atoms with Crippen LogP contribution in [0, 0.1) is 0 Å². The molecule has 0 heterocycles. The highest BCUT2D eigenvalue weighted by molar-refractivity contribution is 5.87. The zero-order chi connectivity index (χ0) is 8.85. The number of Topliss-reactive ketones (excluding diaryl/α,β-unsaturated/α-hetero) is 1. The quantitative estimate of drug-likeness (QED) is 0.579. The maximum atomic E-state index is 10.8. The van der Waals surface area contributed by atoms with E-state index in [1.165, 1.54) is 7.11 Å². The predicted molar refractivity (Wildman–Crippen MR) is 39.9 cm³/mol. The monoisotopic (exact) mass is 159 g/mol. The first kappa shape index (κ1) is 10.1. The van der Waals surface area contributed by atoms with Crippen LogP contribution in [0.2, 0.25) is 0 Å². The van der Waals surface area contributed by atoms with Crippen molar-refractivity contribution in [2.45, 2.75) is 25.8 Å². The van der Waals surface area contributed by atoms with Crippen LogP contribution in [0.4, 0.5) is 0 Å². The molecule has 0 radical (unpaired) electrons. The molecule has 0 aliphatic rings. The van der Waals surface area contributed by atoms with Gasteiger partial charge in [-0.15, -0.1) is 0 Å². The molecule has 0 saturated heterocycles. The van der Waals surface area contributed by atoms with E-state index >= 15 is 0 Å². The van der Waals surface area contributed by atoms with Gasteiger partial charge in [-0.2, -0.15) is 0 Å². The second-order valence-corrected chi connectivity index (χ2v) is 2.21. The average molecular weight is 159 g/mol. The summed E-state index contributed by atoms with van der Waals surface area (Å²) in [6, 6.07) is -0.701. The molecule has 0 aliphatic carbocycles. The first-order valence-corrected chi connectivity index (χ1v) is 3.47. The number of rotatable bonds is 4. The maximum Gasteiger partial charge on any atom is 0.307 e. The topological polar surface area (TPSA) is 69.4 Å². The Morgan fingerprint density at radius 3 is 2.45 bits per heavy atom. The molecule has 1 atom stereocenters. The van der Waals surface area contributed by atoms with Crippen LogP contribution in [0.25, 0.3) is 0 Å². The summed E-state index contributed by atoms with van der Waals surface area (Å²) in [5.74, 6) is -0.560. The highest BCUT2D eigenvalue weighted by Gasteiger charge is 2.15. The Morgan fingerprint density at radius 2 is 2.09 bits per heavy atom. The van der Waals surface area contributed by atoms with Gasteiger partial charge in [-0.1, -0.05) is 6.92 Å². The normalized spacial score (nSPS) is 12.3. The van der Waals surface area contributed by atoms with Gasteiger partial charge in [0.1, 0.15) is 5.78 Å². The van der Waals surface area contributed by atoms with Crippen molar-refractivity contribution in [3.63, 3.8) is 0 Å². The van der Waals surface area contributed by atoms with Crippen LogP contribution in [0.3, 0.4) is 0 Å². The third-order valence-electron chi connectivity index (χ3n) is 1.38. The molecule has 4 heteroatoms. The van der Waals surface area contributed by atoms with Crippen LogP contribution >= 0.6 is 0 Å².